The lowest BCUT2D eigenvalue weighted by Gasteiger charge is -2.18. The molecule has 0 atom stereocenters. The number of piperidine rings is 1. The summed E-state index contributed by atoms with van der Waals surface area (Å²) in [6.07, 6.45) is 7.13. The molecule has 1 saturated heterocycles. The lowest BCUT2D eigenvalue weighted by Crippen LogP contribution is -2.26. The first-order valence-electron chi connectivity index (χ1n) is 3.77. The van der Waals surface area contributed by atoms with E-state index in [1.54, 1.807) is 0 Å². The van der Waals surface area contributed by atoms with Crippen molar-refractivity contribution >= 4 is 0 Å². The molecule has 52 valence electrons. The molecule has 0 saturated carbocycles. The van der Waals surface area contributed by atoms with Crippen molar-refractivity contribution in [2.75, 3.05) is 13.1 Å². The molecule has 1 heterocycles. The molecule has 0 amide bonds. The minimum Gasteiger partial charge on any atom is -0.317 e. The summed E-state index contributed by atoms with van der Waals surface area (Å²) >= 11 is 0. The van der Waals surface area contributed by atoms with Crippen molar-refractivity contribution in [3.8, 4) is 0 Å². The van der Waals surface area contributed by atoms with Crippen LogP contribution in [0.1, 0.15) is 19.8 Å². The third-order valence-corrected chi connectivity index (χ3v) is 1.85. The number of rotatable bonds is 1. The Morgan fingerprint density at radius 3 is 2.56 bits per heavy atom. The Balaban J connectivity index is 2.23. The van der Waals surface area contributed by atoms with Crippen molar-refractivity contribution in [2.24, 2.45) is 5.92 Å². The molecule has 1 heteroatoms. The molecule has 0 radical (unpaired) electrons. The lowest BCUT2D eigenvalue weighted by atomic mass is 9.98. The predicted octanol–water partition coefficient (Wildman–Crippen LogP) is 1.56. The molecule has 1 rings (SSSR count). The summed E-state index contributed by atoms with van der Waals surface area (Å²) in [5, 5.41) is 3.34. The molecule has 0 bridgehead atoms. The van der Waals surface area contributed by atoms with E-state index < -0.39 is 0 Å². The number of allylic oxidation sites excluding steroid dienone is 2. The second kappa shape index (κ2) is 3.67. The monoisotopic (exact) mass is 125 g/mol. The van der Waals surface area contributed by atoms with E-state index in [1.165, 1.54) is 25.9 Å². The first-order valence-corrected chi connectivity index (χ1v) is 3.77. The zero-order chi connectivity index (χ0) is 6.53. The summed E-state index contributed by atoms with van der Waals surface area (Å²) in [6, 6.07) is 0. The van der Waals surface area contributed by atoms with Crippen LogP contribution in [0.5, 0.6) is 0 Å². The zero-order valence-corrected chi connectivity index (χ0v) is 6.06. The van der Waals surface area contributed by atoms with E-state index in [9.17, 15) is 0 Å². The van der Waals surface area contributed by atoms with Crippen molar-refractivity contribution in [3.05, 3.63) is 12.2 Å². The fourth-order valence-corrected chi connectivity index (χ4v) is 1.31. The Hall–Kier alpha value is -0.300. The molecular formula is C8H15N. The van der Waals surface area contributed by atoms with E-state index in [1.807, 2.05) is 0 Å². The van der Waals surface area contributed by atoms with Crippen molar-refractivity contribution < 1.29 is 0 Å². The Morgan fingerprint density at radius 2 is 2.00 bits per heavy atom. The van der Waals surface area contributed by atoms with Gasteiger partial charge in [0.15, 0.2) is 0 Å². The van der Waals surface area contributed by atoms with Gasteiger partial charge in [-0.15, -0.1) is 0 Å². The second-order valence-electron chi connectivity index (χ2n) is 2.61. The first kappa shape index (κ1) is 6.81. The maximum atomic E-state index is 3.34. The van der Waals surface area contributed by atoms with Gasteiger partial charge in [0.05, 0.1) is 0 Å². The van der Waals surface area contributed by atoms with E-state index in [4.69, 9.17) is 0 Å². The van der Waals surface area contributed by atoms with Gasteiger partial charge in [0.1, 0.15) is 0 Å². The number of hydrogen-bond donors (Lipinski definition) is 1. The zero-order valence-electron chi connectivity index (χ0n) is 6.06. The van der Waals surface area contributed by atoms with Crippen molar-refractivity contribution in [1.82, 2.24) is 5.32 Å². The summed E-state index contributed by atoms with van der Waals surface area (Å²) in [7, 11) is 0. The normalized spacial score (nSPS) is 23.2. The van der Waals surface area contributed by atoms with Crippen LogP contribution in [0.4, 0.5) is 0 Å². The molecule has 9 heavy (non-hydrogen) atoms. The fourth-order valence-electron chi connectivity index (χ4n) is 1.31. The van der Waals surface area contributed by atoms with E-state index in [-0.39, 0.29) is 0 Å². The predicted molar refractivity (Wildman–Crippen MR) is 40.4 cm³/mol. The van der Waals surface area contributed by atoms with Crippen LogP contribution in [0.2, 0.25) is 0 Å². The van der Waals surface area contributed by atoms with Gasteiger partial charge >= 0.3 is 0 Å². The highest BCUT2D eigenvalue weighted by Crippen LogP contribution is 2.11. The Bertz CT molecular complexity index is 90.7. The highest BCUT2D eigenvalue weighted by Gasteiger charge is 2.07. The molecule has 1 fully saturated rings. The largest absolute Gasteiger partial charge is 0.317 e. The van der Waals surface area contributed by atoms with E-state index in [2.05, 4.69) is 24.4 Å². The van der Waals surface area contributed by atoms with Gasteiger partial charge in [-0.3, -0.25) is 0 Å². The van der Waals surface area contributed by atoms with Gasteiger partial charge in [-0.1, -0.05) is 12.2 Å². The van der Waals surface area contributed by atoms with Crippen LogP contribution in [0.3, 0.4) is 0 Å². The van der Waals surface area contributed by atoms with Gasteiger partial charge in [0.2, 0.25) is 0 Å². The van der Waals surface area contributed by atoms with Crippen LogP contribution in [0.15, 0.2) is 12.2 Å². The Labute approximate surface area is 57.1 Å². The SMILES string of the molecule is C/C=C/C1CCNCC1. The minimum absolute atomic E-state index is 0.858. The van der Waals surface area contributed by atoms with Crippen LogP contribution in [-0.4, -0.2) is 13.1 Å². The van der Waals surface area contributed by atoms with Crippen LogP contribution in [-0.2, 0) is 0 Å². The average Bonchev–Trinajstić information content (AvgIpc) is 1.91. The molecule has 0 aromatic rings. The third kappa shape index (κ3) is 2.19. The summed E-state index contributed by atoms with van der Waals surface area (Å²) in [5.74, 6) is 0.858. The van der Waals surface area contributed by atoms with Crippen LogP contribution >= 0.6 is 0 Å². The highest BCUT2D eigenvalue weighted by atomic mass is 14.9. The van der Waals surface area contributed by atoms with Gasteiger partial charge in [-0.05, 0) is 38.8 Å². The number of hydrogen-bond acceptors (Lipinski definition) is 1. The quantitative estimate of drug-likeness (QED) is 0.524. The maximum Gasteiger partial charge on any atom is -0.00433 e. The summed E-state index contributed by atoms with van der Waals surface area (Å²) in [5.41, 5.74) is 0. The van der Waals surface area contributed by atoms with E-state index in [0.717, 1.165) is 5.92 Å². The molecule has 1 nitrogen and oxygen atoms in total. The van der Waals surface area contributed by atoms with Crippen molar-refractivity contribution in [1.29, 1.82) is 0 Å². The Morgan fingerprint density at radius 1 is 1.33 bits per heavy atom. The molecule has 0 aliphatic carbocycles. The third-order valence-electron chi connectivity index (χ3n) is 1.85. The van der Waals surface area contributed by atoms with E-state index in [0.29, 0.717) is 0 Å². The van der Waals surface area contributed by atoms with Gasteiger partial charge in [0, 0.05) is 0 Å². The van der Waals surface area contributed by atoms with Gasteiger partial charge in [-0.25, -0.2) is 0 Å². The molecule has 0 aromatic carbocycles. The maximum absolute atomic E-state index is 3.34. The minimum atomic E-state index is 0.858. The molecule has 0 spiro atoms. The molecule has 1 N–H and O–H groups in total. The van der Waals surface area contributed by atoms with Crippen LogP contribution < -0.4 is 5.32 Å². The summed E-state index contributed by atoms with van der Waals surface area (Å²) in [6.45, 7) is 4.51. The van der Waals surface area contributed by atoms with Gasteiger partial charge < -0.3 is 5.32 Å². The topological polar surface area (TPSA) is 12.0 Å². The second-order valence-corrected chi connectivity index (χ2v) is 2.61. The Kier molecular flexibility index (Phi) is 2.78. The van der Waals surface area contributed by atoms with Crippen LogP contribution in [0, 0.1) is 5.92 Å². The molecule has 1 aliphatic heterocycles. The lowest BCUT2D eigenvalue weighted by molar-refractivity contribution is 0.436. The van der Waals surface area contributed by atoms with Gasteiger partial charge in [0.25, 0.3) is 0 Å². The molecule has 0 aromatic heterocycles. The van der Waals surface area contributed by atoms with E-state index >= 15 is 0 Å². The summed E-state index contributed by atoms with van der Waals surface area (Å²) in [4.78, 5) is 0. The number of nitrogens with one attached hydrogen (secondary N) is 1. The average molecular weight is 125 g/mol. The van der Waals surface area contributed by atoms with Crippen molar-refractivity contribution in [3.63, 3.8) is 0 Å². The van der Waals surface area contributed by atoms with Gasteiger partial charge in [-0.2, -0.15) is 0 Å². The first-order chi connectivity index (χ1) is 4.43. The van der Waals surface area contributed by atoms with Crippen molar-refractivity contribution in [2.45, 2.75) is 19.8 Å². The van der Waals surface area contributed by atoms with Crippen LogP contribution in [0.25, 0.3) is 0 Å². The highest BCUT2D eigenvalue weighted by molar-refractivity contribution is 4.87. The molecule has 1 aliphatic rings. The molecule has 0 unspecified atom stereocenters. The fraction of sp³-hybridized carbons (Fsp3) is 0.750. The smallest absolute Gasteiger partial charge is 0.00433 e. The molecular weight excluding hydrogens is 110 g/mol. The summed E-state index contributed by atoms with van der Waals surface area (Å²) < 4.78 is 0. The standard InChI is InChI=1S/C8H15N/c1-2-3-8-4-6-9-7-5-8/h2-3,8-9H,4-7H2,1H3/b3-2+.